The highest BCUT2D eigenvalue weighted by atomic mass is 32.1. The normalized spacial score (nSPS) is 18.2. The van der Waals surface area contributed by atoms with Crippen molar-refractivity contribution in [1.29, 1.82) is 0 Å². The molecule has 0 aliphatic rings. The standard InChI is InChI=1S/C28H30N2SSi/c1-28(2,3)16-18-11-12-22-23(13-18)31-27-25(29-17-30-26(22)27)20-14-19-9-7-8-10-21(19)24(15-20)32(4,5)6/h7-15,17H,16H2,1-6H3/i4D3,5D3,6D3. The van der Waals surface area contributed by atoms with Crippen molar-refractivity contribution in [3.63, 3.8) is 0 Å². The van der Waals surface area contributed by atoms with E-state index in [4.69, 9.17) is 12.3 Å². The van der Waals surface area contributed by atoms with Gasteiger partial charge in [-0.3, -0.25) is 0 Å². The molecule has 0 saturated heterocycles. The minimum absolute atomic E-state index is 0.113. The van der Waals surface area contributed by atoms with Crippen LogP contribution in [0.2, 0.25) is 19.4 Å². The van der Waals surface area contributed by atoms with Gasteiger partial charge in [0, 0.05) is 28.0 Å². The quantitative estimate of drug-likeness (QED) is 0.255. The van der Waals surface area contributed by atoms with Crippen LogP contribution in [0.15, 0.2) is 60.9 Å². The Morgan fingerprint density at radius 1 is 0.938 bits per heavy atom. The zero-order chi connectivity index (χ0) is 30.2. The van der Waals surface area contributed by atoms with E-state index in [0.29, 0.717) is 22.0 Å². The number of fused-ring (bicyclic) bond motifs is 4. The minimum atomic E-state index is -5.27. The van der Waals surface area contributed by atoms with Crippen molar-refractivity contribution >= 4 is 55.7 Å². The van der Waals surface area contributed by atoms with E-state index in [1.165, 1.54) is 29.3 Å². The molecule has 0 aliphatic heterocycles. The van der Waals surface area contributed by atoms with Crippen LogP contribution in [0.5, 0.6) is 0 Å². The van der Waals surface area contributed by atoms with E-state index < -0.39 is 27.5 Å². The number of hydrogen-bond donors (Lipinski definition) is 0. The largest absolute Gasteiger partial charge is 0.235 e. The molecule has 0 saturated carbocycles. The van der Waals surface area contributed by atoms with E-state index in [1.54, 1.807) is 24.3 Å². The van der Waals surface area contributed by atoms with Gasteiger partial charge in [-0.05, 0) is 40.3 Å². The molecule has 0 spiro atoms. The minimum Gasteiger partial charge on any atom is -0.235 e. The molecule has 5 rings (SSSR count). The molecule has 2 heterocycles. The molecule has 0 N–H and O–H groups in total. The lowest BCUT2D eigenvalue weighted by molar-refractivity contribution is 0.411. The van der Waals surface area contributed by atoms with Gasteiger partial charge in [-0.1, -0.05) is 87.8 Å². The fourth-order valence-corrected chi connectivity index (χ4v) is 6.54. The summed E-state index contributed by atoms with van der Waals surface area (Å²) >= 11 is 1.51. The van der Waals surface area contributed by atoms with Crippen molar-refractivity contribution < 1.29 is 12.3 Å². The van der Waals surface area contributed by atoms with Gasteiger partial charge >= 0.3 is 0 Å². The zero-order valence-corrected chi connectivity index (χ0v) is 20.1. The molecular weight excluding hydrogens is 424 g/mol. The Morgan fingerprint density at radius 2 is 1.75 bits per heavy atom. The fraction of sp³-hybridized carbons (Fsp3) is 0.286. The van der Waals surface area contributed by atoms with Crippen molar-refractivity contribution in [2.75, 3.05) is 0 Å². The maximum absolute atomic E-state index is 8.37. The fourth-order valence-electron chi connectivity index (χ4n) is 4.30. The Morgan fingerprint density at radius 3 is 2.53 bits per heavy atom. The Kier molecular flexibility index (Phi) is 3.10. The lowest BCUT2D eigenvalue weighted by Crippen LogP contribution is -2.38. The van der Waals surface area contributed by atoms with Crippen LogP contribution in [0.25, 0.3) is 42.3 Å². The third-order valence-corrected chi connectivity index (χ3v) is 7.96. The first-order valence-corrected chi connectivity index (χ1v) is 13.4. The second-order valence-corrected chi connectivity index (χ2v) is 12.7. The lowest BCUT2D eigenvalue weighted by atomic mass is 9.88. The number of thiophene rings is 1. The van der Waals surface area contributed by atoms with Crippen LogP contribution < -0.4 is 5.19 Å². The third kappa shape index (κ3) is 3.87. The summed E-state index contributed by atoms with van der Waals surface area (Å²) in [6, 6.07) is 16.3. The van der Waals surface area contributed by atoms with Crippen LogP contribution in [0.4, 0.5) is 0 Å². The summed E-state index contributed by atoms with van der Waals surface area (Å²) in [7, 11) is -5.27. The number of rotatable bonds is 3. The molecule has 32 heavy (non-hydrogen) atoms. The summed E-state index contributed by atoms with van der Waals surface area (Å²) in [5, 5.41) is 1.70. The maximum atomic E-state index is 8.37. The van der Waals surface area contributed by atoms with Crippen molar-refractivity contribution in [2.45, 2.75) is 46.6 Å². The van der Waals surface area contributed by atoms with Crippen LogP contribution in [0, 0.1) is 5.41 Å². The van der Waals surface area contributed by atoms with Gasteiger partial charge in [0.1, 0.15) is 6.33 Å². The van der Waals surface area contributed by atoms with Gasteiger partial charge in [-0.15, -0.1) is 11.3 Å². The van der Waals surface area contributed by atoms with E-state index in [0.717, 1.165) is 26.7 Å². The SMILES string of the molecule is [2H]C([2H])([2H])[Si](c1cc(-c2ncnc3c2sc2cc(CC(C)(C)C)ccc23)cc2ccccc12)(C([2H])([2H])[2H])C([2H])([2H])[2H]. The monoisotopic (exact) mass is 463 g/mol. The number of nitrogens with zero attached hydrogens (tertiary/aromatic N) is 2. The van der Waals surface area contributed by atoms with Gasteiger partial charge in [0.05, 0.1) is 24.0 Å². The number of hydrogen-bond acceptors (Lipinski definition) is 3. The number of aromatic nitrogens is 2. The molecule has 0 fully saturated rings. The lowest BCUT2D eigenvalue weighted by Gasteiger charge is -2.21. The third-order valence-electron chi connectivity index (χ3n) is 5.59. The first-order valence-electron chi connectivity index (χ1n) is 15.0. The molecule has 0 amide bonds. The smallest absolute Gasteiger partial charge is 0.116 e. The molecule has 5 aromatic rings. The second-order valence-electron chi connectivity index (χ2n) is 9.56. The predicted molar refractivity (Wildman–Crippen MR) is 144 cm³/mol. The molecule has 0 aliphatic carbocycles. The predicted octanol–water partition coefficient (Wildman–Crippen LogP) is 7.80. The molecular formula is C28H30N2SSi. The van der Waals surface area contributed by atoms with Crippen molar-refractivity contribution in [1.82, 2.24) is 9.97 Å². The first kappa shape index (κ1) is 13.2. The average molecular weight is 464 g/mol. The highest BCUT2D eigenvalue weighted by Gasteiger charge is 2.22. The Labute approximate surface area is 208 Å². The van der Waals surface area contributed by atoms with Gasteiger partial charge in [0.15, 0.2) is 0 Å². The van der Waals surface area contributed by atoms with E-state index in [-0.39, 0.29) is 10.6 Å². The first-order chi connectivity index (χ1) is 18.8. The van der Waals surface area contributed by atoms with E-state index >= 15 is 0 Å². The molecule has 4 heteroatoms. The van der Waals surface area contributed by atoms with Gasteiger partial charge in [-0.25, -0.2) is 9.97 Å². The van der Waals surface area contributed by atoms with Crippen LogP contribution in [0.1, 0.15) is 38.7 Å². The topological polar surface area (TPSA) is 25.8 Å². The van der Waals surface area contributed by atoms with Crippen LogP contribution >= 0.6 is 11.3 Å². The highest BCUT2D eigenvalue weighted by Crippen LogP contribution is 2.39. The molecule has 162 valence electrons. The van der Waals surface area contributed by atoms with Crippen LogP contribution in [-0.2, 0) is 6.42 Å². The number of benzene rings is 3. The summed E-state index contributed by atoms with van der Waals surface area (Å²) in [4.78, 5) is 9.11. The summed E-state index contributed by atoms with van der Waals surface area (Å²) < 4.78 is 77.2. The van der Waals surface area contributed by atoms with Crippen LogP contribution in [-0.4, -0.2) is 18.0 Å². The summed E-state index contributed by atoms with van der Waals surface area (Å²) in [5.41, 5.74) is 3.01. The second kappa shape index (κ2) is 7.50. The zero-order valence-electron chi connectivity index (χ0n) is 27.3. The van der Waals surface area contributed by atoms with Gasteiger partial charge in [-0.2, -0.15) is 0 Å². The van der Waals surface area contributed by atoms with Crippen LogP contribution in [0.3, 0.4) is 0 Å². The Bertz CT molecular complexity index is 1740. The summed E-state index contributed by atoms with van der Waals surface area (Å²) in [6.45, 7) is -3.18. The summed E-state index contributed by atoms with van der Waals surface area (Å²) in [5.74, 6) is 0. The highest BCUT2D eigenvalue weighted by molar-refractivity contribution is 7.26. The van der Waals surface area contributed by atoms with E-state index in [9.17, 15) is 0 Å². The molecule has 2 nitrogen and oxygen atoms in total. The maximum Gasteiger partial charge on any atom is 0.116 e. The average Bonchev–Trinajstić information content (AvgIpc) is 3.18. The van der Waals surface area contributed by atoms with E-state index in [2.05, 4.69) is 42.9 Å². The molecule has 0 unspecified atom stereocenters. The van der Waals surface area contributed by atoms with E-state index in [1.807, 2.05) is 12.1 Å². The van der Waals surface area contributed by atoms with Gasteiger partial charge in [0.2, 0.25) is 0 Å². The van der Waals surface area contributed by atoms with Crippen molar-refractivity contribution in [3.05, 3.63) is 66.5 Å². The van der Waals surface area contributed by atoms with Gasteiger partial charge in [0.25, 0.3) is 0 Å². The van der Waals surface area contributed by atoms with Crippen molar-refractivity contribution in [3.8, 4) is 11.3 Å². The Hall–Kier alpha value is -2.56. The molecule has 3 aromatic carbocycles. The summed E-state index contributed by atoms with van der Waals surface area (Å²) in [6.07, 6.45) is 2.33. The van der Waals surface area contributed by atoms with Gasteiger partial charge < -0.3 is 0 Å². The molecule has 0 atom stereocenters. The molecule has 0 radical (unpaired) electrons. The van der Waals surface area contributed by atoms with Crippen molar-refractivity contribution in [2.24, 2.45) is 5.41 Å². The molecule has 0 bridgehead atoms. The Balaban J connectivity index is 1.85. The molecule has 2 aromatic heterocycles.